The van der Waals surface area contributed by atoms with Crippen molar-refractivity contribution in [2.24, 2.45) is 13.0 Å². The van der Waals surface area contributed by atoms with Crippen molar-refractivity contribution >= 4 is 28.3 Å². The molecule has 1 aliphatic heterocycles. The number of benzene rings is 1. The number of sulfonamides is 1. The SMILES string of the molecule is CNS(=O)(=O)c1ccc(C(C)NC(=O)[C@H]2CNC[C@@H]2c2cnn(C)c2)cc1.Cl. The number of nitrogens with one attached hydrogen (secondary N) is 3. The Hall–Kier alpha value is -1.94. The number of hydrogen-bond acceptors (Lipinski definition) is 5. The zero-order chi connectivity index (χ0) is 19.6. The van der Waals surface area contributed by atoms with E-state index in [2.05, 4.69) is 20.5 Å². The highest BCUT2D eigenvalue weighted by atomic mass is 35.5. The van der Waals surface area contributed by atoms with Crippen LogP contribution in [0.5, 0.6) is 0 Å². The number of aromatic nitrogens is 2. The molecular formula is C18H26ClN5O3S. The van der Waals surface area contributed by atoms with Gasteiger partial charge in [-0.25, -0.2) is 13.1 Å². The average molecular weight is 428 g/mol. The van der Waals surface area contributed by atoms with E-state index in [0.717, 1.165) is 17.7 Å². The molecule has 2 heterocycles. The summed E-state index contributed by atoms with van der Waals surface area (Å²) in [6.07, 6.45) is 3.75. The number of halogens is 1. The minimum atomic E-state index is -3.47. The van der Waals surface area contributed by atoms with Gasteiger partial charge in [-0.05, 0) is 37.2 Å². The summed E-state index contributed by atoms with van der Waals surface area (Å²) in [7, 11) is -0.229. The molecular weight excluding hydrogens is 402 g/mol. The van der Waals surface area contributed by atoms with Gasteiger partial charge in [-0.3, -0.25) is 9.48 Å². The molecule has 154 valence electrons. The van der Waals surface area contributed by atoms with Crippen LogP contribution in [0.25, 0.3) is 0 Å². The van der Waals surface area contributed by atoms with Crippen LogP contribution in [0, 0.1) is 5.92 Å². The van der Waals surface area contributed by atoms with Gasteiger partial charge in [0.25, 0.3) is 0 Å². The van der Waals surface area contributed by atoms with E-state index in [1.807, 2.05) is 26.4 Å². The maximum atomic E-state index is 12.8. The van der Waals surface area contributed by atoms with Crippen LogP contribution in [0.2, 0.25) is 0 Å². The van der Waals surface area contributed by atoms with Gasteiger partial charge in [0.05, 0.1) is 23.1 Å². The third-order valence-electron chi connectivity index (χ3n) is 5.02. The van der Waals surface area contributed by atoms with Crippen LogP contribution < -0.4 is 15.4 Å². The first kappa shape index (κ1) is 22.4. The van der Waals surface area contributed by atoms with Crippen molar-refractivity contribution in [2.45, 2.75) is 23.8 Å². The molecule has 0 aliphatic carbocycles. The number of nitrogens with zero attached hydrogens (tertiary/aromatic N) is 2. The molecule has 3 N–H and O–H groups in total. The lowest BCUT2D eigenvalue weighted by molar-refractivity contribution is -0.125. The zero-order valence-corrected chi connectivity index (χ0v) is 17.7. The fraction of sp³-hybridized carbons (Fsp3) is 0.444. The van der Waals surface area contributed by atoms with Crippen LogP contribution in [-0.2, 0) is 21.9 Å². The first-order valence-electron chi connectivity index (χ1n) is 8.85. The smallest absolute Gasteiger partial charge is 0.240 e. The summed E-state index contributed by atoms with van der Waals surface area (Å²) in [6, 6.07) is 6.30. The van der Waals surface area contributed by atoms with Gasteiger partial charge in [0.2, 0.25) is 15.9 Å². The third kappa shape index (κ3) is 4.72. The lowest BCUT2D eigenvalue weighted by Gasteiger charge is -2.21. The van der Waals surface area contributed by atoms with E-state index in [1.165, 1.54) is 7.05 Å². The molecule has 1 saturated heterocycles. The maximum Gasteiger partial charge on any atom is 0.240 e. The van der Waals surface area contributed by atoms with Gasteiger partial charge in [0, 0.05) is 32.3 Å². The first-order chi connectivity index (χ1) is 12.8. The molecule has 1 aliphatic rings. The summed E-state index contributed by atoms with van der Waals surface area (Å²) in [5.74, 6) is -0.0945. The van der Waals surface area contributed by atoms with Crippen molar-refractivity contribution in [2.75, 3.05) is 20.1 Å². The fourth-order valence-electron chi connectivity index (χ4n) is 3.39. The summed E-state index contributed by atoms with van der Waals surface area (Å²) in [5.41, 5.74) is 1.90. The normalized spacial score (nSPS) is 20.4. The van der Waals surface area contributed by atoms with Crippen LogP contribution >= 0.6 is 12.4 Å². The molecule has 10 heteroatoms. The van der Waals surface area contributed by atoms with Crippen LogP contribution in [0.4, 0.5) is 0 Å². The second kappa shape index (κ2) is 9.04. The topological polar surface area (TPSA) is 105 Å². The Balaban J connectivity index is 0.00000280. The van der Waals surface area contributed by atoms with E-state index < -0.39 is 10.0 Å². The highest BCUT2D eigenvalue weighted by molar-refractivity contribution is 7.89. The van der Waals surface area contributed by atoms with Crippen molar-refractivity contribution in [3.05, 3.63) is 47.8 Å². The van der Waals surface area contributed by atoms with Crippen LogP contribution in [0.15, 0.2) is 41.6 Å². The third-order valence-corrected chi connectivity index (χ3v) is 6.45. The molecule has 1 amide bonds. The van der Waals surface area contributed by atoms with Crippen LogP contribution in [0.1, 0.15) is 30.0 Å². The van der Waals surface area contributed by atoms with Gasteiger partial charge in [0.15, 0.2) is 0 Å². The highest BCUT2D eigenvalue weighted by Gasteiger charge is 2.35. The Labute approximate surface area is 171 Å². The van der Waals surface area contributed by atoms with Gasteiger partial charge >= 0.3 is 0 Å². The molecule has 3 rings (SSSR count). The summed E-state index contributed by atoms with van der Waals surface area (Å²) >= 11 is 0. The first-order valence-corrected chi connectivity index (χ1v) is 10.3. The van der Waals surface area contributed by atoms with E-state index in [0.29, 0.717) is 6.54 Å². The maximum absolute atomic E-state index is 12.8. The Kier molecular flexibility index (Phi) is 7.22. The Morgan fingerprint density at radius 2 is 1.96 bits per heavy atom. The Morgan fingerprint density at radius 3 is 2.54 bits per heavy atom. The van der Waals surface area contributed by atoms with E-state index in [9.17, 15) is 13.2 Å². The van der Waals surface area contributed by atoms with Gasteiger partial charge in [-0.15, -0.1) is 12.4 Å². The summed E-state index contributed by atoms with van der Waals surface area (Å²) < 4.78 is 27.7. The van der Waals surface area contributed by atoms with Gasteiger partial charge < -0.3 is 10.6 Å². The molecule has 1 unspecified atom stereocenters. The molecule has 3 atom stereocenters. The number of amides is 1. The number of hydrogen-bond donors (Lipinski definition) is 3. The summed E-state index contributed by atoms with van der Waals surface area (Å²) in [4.78, 5) is 13.0. The number of rotatable bonds is 6. The van der Waals surface area contributed by atoms with Crippen LogP contribution in [0.3, 0.4) is 0 Å². The predicted octanol–water partition coefficient (Wildman–Crippen LogP) is 0.930. The summed E-state index contributed by atoms with van der Waals surface area (Å²) in [5, 5.41) is 10.5. The van der Waals surface area contributed by atoms with Gasteiger partial charge in [-0.1, -0.05) is 12.1 Å². The number of carbonyl (C=O) groups is 1. The molecule has 0 bridgehead atoms. The van der Waals surface area contributed by atoms with Gasteiger partial charge in [0.1, 0.15) is 0 Å². The van der Waals surface area contributed by atoms with E-state index in [-0.39, 0.29) is 41.1 Å². The Bertz CT molecular complexity index is 914. The minimum absolute atomic E-state index is 0. The quantitative estimate of drug-likeness (QED) is 0.636. The molecule has 1 aromatic heterocycles. The standard InChI is InChI=1S/C18H25N5O3S.ClH/c1-12(13-4-6-15(7-5-13)27(25,26)19-2)22-18(24)17-10-20-9-16(17)14-8-21-23(3)11-14;/h4-8,11-12,16-17,19-20H,9-10H2,1-3H3,(H,22,24);1H/t12?,16-,17+;/m1./s1. The van der Waals surface area contributed by atoms with Crippen LogP contribution in [-0.4, -0.2) is 44.2 Å². The van der Waals surface area contributed by atoms with Crippen molar-refractivity contribution < 1.29 is 13.2 Å². The van der Waals surface area contributed by atoms with E-state index >= 15 is 0 Å². The molecule has 1 fully saturated rings. The van der Waals surface area contributed by atoms with Crippen molar-refractivity contribution in [1.29, 1.82) is 0 Å². The van der Waals surface area contributed by atoms with E-state index in [1.54, 1.807) is 28.9 Å². The molecule has 0 radical (unpaired) electrons. The van der Waals surface area contributed by atoms with E-state index in [4.69, 9.17) is 0 Å². The highest BCUT2D eigenvalue weighted by Crippen LogP contribution is 2.28. The number of carbonyl (C=O) groups excluding carboxylic acids is 1. The summed E-state index contributed by atoms with van der Waals surface area (Å²) in [6.45, 7) is 3.26. The molecule has 8 nitrogen and oxygen atoms in total. The lowest BCUT2D eigenvalue weighted by Crippen LogP contribution is -2.36. The second-order valence-corrected chi connectivity index (χ2v) is 8.71. The molecule has 1 aromatic carbocycles. The fourth-order valence-corrected chi connectivity index (χ4v) is 4.12. The zero-order valence-electron chi connectivity index (χ0n) is 16.0. The molecule has 2 aromatic rings. The van der Waals surface area contributed by atoms with Crippen molar-refractivity contribution in [1.82, 2.24) is 25.1 Å². The monoisotopic (exact) mass is 427 g/mol. The second-order valence-electron chi connectivity index (χ2n) is 6.83. The van der Waals surface area contributed by atoms with Gasteiger partial charge in [-0.2, -0.15) is 5.10 Å². The largest absolute Gasteiger partial charge is 0.349 e. The molecule has 0 spiro atoms. The number of aryl methyl sites for hydroxylation is 1. The van der Waals surface area contributed by atoms with Crippen molar-refractivity contribution in [3.8, 4) is 0 Å². The molecule has 28 heavy (non-hydrogen) atoms. The Morgan fingerprint density at radius 1 is 1.29 bits per heavy atom. The predicted molar refractivity (Wildman–Crippen MR) is 109 cm³/mol. The lowest BCUT2D eigenvalue weighted by atomic mass is 9.90. The van der Waals surface area contributed by atoms with Crippen molar-refractivity contribution in [3.63, 3.8) is 0 Å². The average Bonchev–Trinajstić information content (AvgIpc) is 3.30. The molecule has 0 saturated carbocycles. The minimum Gasteiger partial charge on any atom is -0.349 e.